The highest BCUT2D eigenvalue weighted by atomic mass is 32.2. The SMILES string of the molecule is COCCCS(=O)(=O)NCCOCCN. The van der Waals surface area contributed by atoms with Gasteiger partial charge in [0.25, 0.3) is 0 Å². The highest BCUT2D eigenvalue weighted by molar-refractivity contribution is 7.89. The quantitative estimate of drug-likeness (QED) is 0.474. The lowest BCUT2D eigenvalue weighted by Crippen LogP contribution is -2.30. The van der Waals surface area contributed by atoms with Crippen molar-refractivity contribution in [1.82, 2.24) is 4.72 Å². The first-order chi connectivity index (χ1) is 7.12. The van der Waals surface area contributed by atoms with Gasteiger partial charge in [-0.1, -0.05) is 0 Å². The summed E-state index contributed by atoms with van der Waals surface area (Å²) in [6, 6.07) is 0. The van der Waals surface area contributed by atoms with E-state index in [4.69, 9.17) is 15.2 Å². The molecule has 0 saturated carbocycles. The normalized spacial score (nSPS) is 11.9. The molecule has 0 bridgehead atoms. The van der Waals surface area contributed by atoms with Crippen LogP contribution in [0.3, 0.4) is 0 Å². The Morgan fingerprint density at radius 2 is 2.00 bits per heavy atom. The molecule has 15 heavy (non-hydrogen) atoms. The average Bonchev–Trinajstić information content (AvgIpc) is 2.17. The first-order valence-corrected chi connectivity index (χ1v) is 6.51. The minimum atomic E-state index is -3.18. The standard InChI is InChI=1S/C8H20N2O4S/c1-13-5-2-8-15(11,12)10-4-7-14-6-3-9/h10H,2-9H2,1H3. The van der Waals surface area contributed by atoms with Gasteiger partial charge in [0.15, 0.2) is 0 Å². The molecule has 0 unspecified atom stereocenters. The van der Waals surface area contributed by atoms with Crippen LogP contribution in [0.2, 0.25) is 0 Å². The summed E-state index contributed by atoms with van der Waals surface area (Å²) in [6.45, 7) is 1.98. The molecular formula is C8H20N2O4S. The number of hydrogen-bond donors (Lipinski definition) is 2. The molecule has 0 fully saturated rings. The fourth-order valence-corrected chi connectivity index (χ4v) is 1.96. The fourth-order valence-electron chi connectivity index (χ4n) is 0.920. The Hall–Kier alpha value is -0.210. The molecular weight excluding hydrogens is 220 g/mol. The van der Waals surface area contributed by atoms with Crippen LogP contribution in [0.5, 0.6) is 0 Å². The molecule has 7 heteroatoms. The van der Waals surface area contributed by atoms with E-state index >= 15 is 0 Å². The van der Waals surface area contributed by atoms with E-state index in [1.807, 2.05) is 0 Å². The molecule has 0 aliphatic rings. The zero-order valence-corrected chi connectivity index (χ0v) is 9.88. The molecule has 0 heterocycles. The van der Waals surface area contributed by atoms with Gasteiger partial charge in [0.1, 0.15) is 0 Å². The summed E-state index contributed by atoms with van der Waals surface area (Å²) in [4.78, 5) is 0. The topological polar surface area (TPSA) is 90.7 Å². The van der Waals surface area contributed by atoms with E-state index in [1.54, 1.807) is 7.11 Å². The maximum Gasteiger partial charge on any atom is 0.211 e. The van der Waals surface area contributed by atoms with E-state index in [0.717, 1.165) is 0 Å². The van der Waals surface area contributed by atoms with Crippen LogP contribution in [0.15, 0.2) is 0 Å². The Morgan fingerprint density at radius 1 is 1.27 bits per heavy atom. The Balaban J connectivity index is 3.47. The summed E-state index contributed by atoms with van der Waals surface area (Å²) in [6.07, 6.45) is 0.496. The molecule has 6 nitrogen and oxygen atoms in total. The zero-order valence-electron chi connectivity index (χ0n) is 9.07. The van der Waals surface area contributed by atoms with Gasteiger partial charge >= 0.3 is 0 Å². The number of methoxy groups -OCH3 is 1. The summed E-state index contributed by atoms with van der Waals surface area (Å²) in [7, 11) is -1.64. The molecule has 3 N–H and O–H groups in total. The van der Waals surface area contributed by atoms with E-state index in [1.165, 1.54) is 0 Å². The van der Waals surface area contributed by atoms with Crippen molar-refractivity contribution in [2.45, 2.75) is 6.42 Å². The maximum absolute atomic E-state index is 11.3. The van der Waals surface area contributed by atoms with Gasteiger partial charge in [-0.15, -0.1) is 0 Å². The smallest absolute Gasteiger partial charge is 0.211 e. The Labute approximate surface area is 91.2 Å². The van der Waals surface area contributed by atoms with Gasteiger partial charge in [-0.25, -0.2) is 13.1 Å². The molecule has 0 aromatic carbocycles. The lowest BCUT2D eigenvalue weighted by Gasteiger charge is -2.06. The Bertz CT molecular complexity index is 231. The van der Waals surface area contributed by atoms with E-state index in [9.17, 15) is 8.42 Å². The van der Waals surface area contributed by atoms with Gasteiger partial charge in [0, 0.05) is 26.8 Å². The van der Waals surface area contributed by atoms with Gasteiger partial charge in [-0.2, -0.15) is 0 Å². The number of rotatable bonds is 10. The minimum absolute atomic E-state index is 0.0811. The monoisotopic (exact) mass is 240 g/mol. The second-order valence-electron chi connectivity index (χ2n) is 2.96. The van der Waals surface area contributed by atoms with Crippen molar-refractivity contribution in [3.8, 4) is 0 Å². The largest absolute Gasteiger partial charge is 0.385 e. The maximum atomic E-state index is 11.3. The molecule has 0 spiro atoms. The van der Waals surface area contributed by atoms with Gasteiger partial charge in [-0.3, -0.25) is 0 Å². The second-order valence-corrected chi connectivity index (χ2v) is 4.89. The Kier molecular flexibility index (Phi) is 8.92. The number of nitrogens with one attached hydrogen (secondary N) is 1. The van der Waals surface area contributed by atoms with Gasteiger partial charge in [0.05, 0.1) is 19.0 Å². The van der Waals surface area contributed by atoms with Crippen LogP contribution in [-0.2, 0) is 19.5 Å². The lowest BCUT2D eigenvalue weighted by molar-refractivity contribution is 0.147. The summed E-state index contributed by atoms with van der Waals surface area (Å²) in [5.41, 5.74) is 5.20. The van der Waals surface area contributed by atoms with Crippen LogP contribution >= 0.6 is 0 Å². The molecule has 0 aliphatic carbocycles. The molecule has 0 saturated heterocycles. The van der Waals surface area contributed by atoms with E-state index in [0.29, 0.717) is 32.8 Å². The van der Waals surface area contributed by atoms with E-state index in [-0.39, 0.29) is 12.3 Å². The molecule has 0 aromatic rings. The number of sulfonamides is 1. The minimum Gasteiger partial charge on any atom is -0.385 e. The summed E-state index contributed by atoms with van der Waals surface area (Å²) in [5.74, 6) is 0.0811. The summed E-state index contributed by atoms with van der Waals surface area (Å²) >= 11 is 0. The molecule has 0 aliphatic heterocycles. The van der Waals surface area contributed by atoms with Gasteiger partial charge in [0.2, 0.25) is 10.0 Å². The van der Waals surface area contributed by atoms with Crippen molar-refractivity contribution in [1.29, 1.82) is 0 Å². The van der Waals surface area contributed by atoms with Gasteiger partial charge < -0.3 is 15.2 Å². The van der Waals surface area contributed by atoms with Crippen LogP contribution in [0, 0.1) is 0 Å². The van der Waals surface area contributed by atoms with Crippen molar-refractivity contribution in [2.24, 2.45) is 5.73 Å². The third-order valence-corrected chi connectivity index (χ3v) is 3.06. The van der Waals surface area contributed by atoms with Crippen LogP contribution in [0.4, 0.5) is 0 Å². The Morgan fingerprint density at radius 3 is 2.60 bits per heavy atom. The van der Waals surface area contributed by atoms with Crippen LogP contribution in [0.1, 0.15) is 6.42 Å². The third kappa shape index (κ3) is 10.1. The van der Waals surface area contributed by atoms with Crippen LogP contribution < -0.4 is 10.5 Å². The predicted octanol–water partition coefficient (Wildman–Crippen LogP) is -1.08. The first kappa shape index (κ1) is 14.8. The third-order valence-electron chi connectivity index (χ3n) is 1.59. The summed E-state index contributed by atoms with van der Waals surface area (Å²) < 4.78 is 34.8. The molecule has 0 amide bonds. The molecule has 0 aromatic heterocycles. The zero-order chi connectivity index (χ0) is 11.6. The molecule has 0 radical (unpaired) electrons. The fraction of sp³-hybridized carbons (Fsp3) is 1.00. The van der Waals surface area contributed by atoms with Crippen LogP contribution in [-0.4, -0.2) is 54.2 Å². The lowest BCUT2D eigenvalue weighted by atomic mass is 10.5. The second kappa shape index (κ2) is 9.05. The van der Waals surface area contributed by atoms with Crippen molar-refractivity contribution in [2.75, 3.05) is 45.8 Å². The average molecular weight is 240 g/mol. The van der Waals surface area contributed by atoms with Gasteiger partial charge in [-0.05, 0) is 6.42 Å². The van der Waals surface area contributed by atoms with Crippen LogP contribution in [0.25, 0.3) is 0 Å². The first-order valence-electron chi connectivity index (χ1n) is 4.86. The van der Waals surface area contributed by atoms with Crippen molar-refractivity contribution in [3.05, 3.63) is 0 Å². The van der Waals surface area contributed by atoms with Crippen molar-refractivity contribution >= 4 is 10.0 Å². The predicted molar refractivity (Wildman–Crippen MR) is 58.2 cm³/mol. The highest BCUT2D eigenvalue weighted by Crippen LogP contribution is 1.89. The van der Waals surface area contributed by atoms with E-state index < -0.39 is 10.0 Å². The number of nitrogens with two attached hydrogens (primary N) is 1. The van der Waals surface area contributed by atoms with Crippen molar-refractivity contribution in [3.63, 3.8) is 0 Å². The number of ether oxygens (including phenoxy) is 2. The molecule has 0 rings (SSSR count). The van der Waals surface area contributed by atoms with E-state index in [2.05, 4.69) is 4.72 Å². The molecule has 0 atom stereocenters. The number of hydrogen-bond acceptors (Lipinski definition) is 5. The summed E-state index contributed by atoms with van der Waals surface area (Å²) in [5, 5.41) is 0. The molecule has 92 valence electrons. The highest BCUT2D eigenvalue weighted by Gasteiger charge is 2.08. The van der Waals surface area contributed by atoms with Crippen molar-refractivity contribution < 1.29 is 17.9 Å².